The van der Waals surface area contributed by atoms with Crippen molar-refractivity contribution in [3.8, 4) is 0 Å². The molecule has 0 N–H and O–H groups in total. The van der Waals surface area contributed by atoms with Crippen LogP contribution in [0, 0.1) is 41.5 Å². The summed E-state index contributed by atoms with van der Waals surface area (Å²) in [5, 5.41) is 0. The Morgan fingerprint density at radius 2 is 0.474 bits per heavy atom. The van der Waals surface area contributed by atoms with Gasteiger partial charge < -0.3 is 14.4 Å². The van der Waals surface area contributed by atoms with Gasteiger partial charge in [-0.05, 0) is 74.9 Å². The quantitative estimate of drug-likeness (QED) is 0.740. The zero-order valence-electron chi connectivity index (χ0n) is 12.8. The van der Waals surface area contributed by atoms with E-state index in [0.717, 1.165) is 0 Å². The van der Waals surface area contributed by atoms with E-state index in [4.69, 9.17) is 14.4 Å². The number of benzene rings is 1. The summed E-state index contributed by atoms with van der Waals surface area (Å²) in [6.45, 7) is 19.3. The second kappa shape index (κ2) is 14.8. The summed E-state index contributed by atoms with van der Waals surface area (Å²) in [4.78, 5) is 24.0. The van der Waals surface area contributed by atoms with E-state index in [0.29, 0.717) is 0 Å². The maximum Gasteiger partial charge on any atom is 0.106 e. The van der Waals surface area contributed by atoms with Crippen LogP contribution in [-0.4, -0.2) is 20.4 Å². The molecule has 3 nitrogen and oxygen atoms in total. The fourth-order valence-corrected chi connectivity index (χ4v) is 1.69. The predicted octanol–water partition coefficient (Wildman–Crippen LogP) is 2.98. The second-order valence-corrected chi connectivity index (χ2v) is 3.75. The molecule has 19 heavy (non-hydrogen) atoms. The van der Waals surface area contributed by atoms with Crippen LogP contribution in [0.25, 0.3) is 0 Å². The third-order valence-electron chi connectivity index (χ3n) is 3.38. The minimum absolute atomic E-state index is 0. The van der Waals surface area contributed by atoms with E-state index in [-0.39, 0.29) is 17.4 Å². The summed E-state index contributed by atoms with van der Waals surface area (Å²) in [5.41, 5.74) is 8.73. The van der Waals surface area contributed by atoms with Gasteiger partial charge >= 0.3 is 0 Å². The van der Waals surface area contributed by atoms with Crippen LogP contribution in [0.3, 0.4) is 0 Å². The van der Waals surface area contributed by atoms with Crippen LogP contribution >= 0.6 is 0 Å². The van der Waals surface area contributed by atoms with Crippen LogP contribution in [0.4, 0.5) is 0 Å². The number of hydrogen-bond donors (Lipinski definition) is 0. The van der Waals surface area contributed by atoms with Gasteiger partial charge in [0.1, 0.15) is 20.4 Å². The van der Waals surface area contributed by atoms with Gasteiger partial charge in [-0.15, -0.1) is 0 Å². The Bertz CT molecular complexity index is 266. The Balaban J connectivity index is -0.000000142. The molecular formula is C15H24CrO3. The minimum atomic E-state index is 0. The fraction of sp³-hybridized carbons (Fsp3) is 0.400. The third kappa shape index (κ3) is 7.05. The summed E-state index contributed by atoms with van der Waals surface area (Å²) in [6, 6.07) is 0. The van der Waals surface area contributed by atoms with Crippen molar-refractivity contribution in [2.24, 2.45) is 0 Å². The van der Waals surface area contributed by atoms with Crippen LogP contribution in [-0.2, 0) is 31.7 Å². The topological polar surface area (TPSA) is 51.2 Å². The Hall–Kier alpha value is -1.24. The molecule has 0 saturated carbocycles. The molecule has 108 valence electrons. The van der Waals surface area contributed by atoms with E-state index in [1.807, 2.05) is 20.4 Å². The van der Waals surface area contributed by atoms with Gasteiger partial charge in [-0.3, -0.25) is 0 Å². The van der Waals surface area contributed by atoms with Crippen molar-refractivity contribution in [1.82, 2.24) is 0 Å². The van der Waals surface area contributed by atoms with Crippen molar-refractivity contribution in [3.63, 3.8) is 0 Å². The summed E-state index contributed by atoms with van der Waals surface area (Å²) in [5.74, 6) is 0. The van der Waals surface area contributed by atoms with Crippen molar-refractivity contribution in [2.75, 3.05) is 0 Å². The first-order chi connectivity index (χ1) is 8.46. The molecule has 1 aromatic carbocycles. The van der Waals surface area contributed by atoms with Crippen LogP contribution in [0.15, 0.2) is 0 Å². The van der Waals surface area contributed by atoms with E-state index in [9.17, 15) is 0 Å². The molecule has 0 heterocycles. The van der Waals surface area contributed by atoms with Crippen molar-refractivity contribution in [2.45, 2.75) is 41.5 Å². The average molecular weight is 304 g/mol. The molecule has 0 aliphatic rings. The van der Waals surface area contributed by atoms with Crippen molar-refractivity contribution < 1.29 is 31.7 Å². The Kier molecular flexibility index (Phi) is 20.6. The van der Waals surface area contributed by atoms with E-state index in [2.05, 4.69) is 41.5 Å². The van der Waals surface area contributed by atoms with Crippen molar-refractivity contribution in [1.29, 1.82) is 0 Å². The maximum atomic E-state index is 8.00. The van der Waals surface area contributed by atoms with Gasteiger partial charge in [-0.25, -0.2) is 0 Å². The first-order valence-corrected chi connectivity index (χ1v) is 5.37. The summed E-state index contributed by atoms with van der Waals surface area (Å²) in [7, 11) is 0. The van der Waals surface area contributed by atoms with Crippen LogP contribution < -0.4 is 0 Å². The van der Waals surface area contributed by atoms with Crippen LogP contribution in [0.2, 0.25) is 0 Å². The van der Waals surface area contributed by atoms with Crippen LogP contribution in [0.5, 0.6) is 0 Å². The van der Waals surface area contributed by atoms with Crippen molar-refractivity contribution >= 4 is 20.4 Å². The minimum Gasteiger partial charge on any atom is -0.307 e. The summed E-state index contributed by atoms with van der Waals surface area (Å²) in [6.07, 6.45) is 0. The molecule has 1 rings (SSSR count). The molecule has 0 amide bonds. The molecule has 0 aliphatic carbocycles. The maximum absolute atomic E-state index is 8.00. The molecule has 0 radical (unpaired) electrons. The fourth-order valence-electron chi connectivity index (χ4n) is 1.69. The Morgan fingerprint density at radius 1 is 0.421 bits per heavy atom. The van der Waals surface area contributed by atoms with E-state index in [1.165, 1.54) is 33.4 Å². The first-order valence-electron chi connectivity index (χ1n) is 5.37. The van der Waals surface area contributed by atoms with Gasteiger partial charge in [-0.1, -0.05) is 0 Å². The second-order valence-electron chi connectivity index (χ2n) is 3.75. The van der Waals surface area contributed by atoms with Gasteiger partial charge in [-0.2, -0.15) is 0 Å². The van der Waals surface area contributed by atoms with Gasteiger partial charge in [0.25, 0.3) is 0 Å². The molecule has 0 bridgehead atoms. The molecular weight excluding hydrogens is 280 g/mol. The molecule has 1 aromatic rings. The molecule has 0 aromatic heterocycles. The number of hydrogen-bond acceptors (Lipinski definition) is 3. The molecule has 0 unspecified atom stereocenters. The van der Waals surface area contributed by atoms with Gasteiger partial charge in [0.05, 0.1) is 0 Å². The molecule has 0 spiro atoms. The molecule has 0 aliphatic heterocycles. The molecule has 4 heteroatoms. The van der Waals surface area contributed by atoms with E-state index < -0.39 is 0 Å². The molecule has 0 atom stereocenters. The van der Waals surface area contributed by atoms with Gasteiger partial charge in [0.15, 0.2) is 0 Å². The van der Waals surface area contributed by atoms with Gasteiger partial charge in [0.2, 0.25) is 0 Å². The normalized spacial score (nSPS) is 7.26. The van der Waals surface area contributed by atoms with Gasteiger partial charge in [0, 0.05) is 17.4 Å². The largest absolute Gasteiger partial charge is 0.307 e. The SMILES string of the molecule is C=O.C=O.C=O.Cc1c(C)c(C)c(C)c(C)c1C.[Cr]. The smallest absolute Gasteiger partial charge is 0.106 e. The monoisotopic (exact) mass is 304 g/mol. The summed E-state index contributed by atoms with van der Waals surface area (Å²) < 4.78 is 0. The standard InChI is InChI=1S/C12H18.3CH2O.Cr/c1-7-8(2)10(4)12(6)11(5)9(7)3;3*1-2;/h1-6H3;3*1H2;. The first kappa shape index (κ1) is 26.4. The average Bonchev–Trinajstić information content (AvgIpc) is 2.47. The molecule has 0 saturated heterocycles. The number of carbonyl (C=O) groups is 3. The third-order valence-corrected chi connectivity index (χ3v) is 3.38. The zero-order chi connectivity index (χ0) is 15.5. The number of carbonyl (C=O) groups excluding carboxylic acids is 3. The Labute approximate surface area is 127 Å². The van der Waals surface area contributed by atoms with E-state index in [1.54, 1.807) is 0 Å². The number of rotatable bonds is 0. The predicted molar refractivity (Wildman–Crippen MR) is 76.2 cm³/mol. The zero-order valence-corrected chi connectivity index (χ0v) is 14.0. The van der Waals surface area contributed by atoms with E-state index >= 15 is 0 Å². The summed E-state index contributed by atoms with van der Waals surface area (Å²) >= 11 is 0. The Morgan fingerprint density at radius 3 is 0.526 bits per heavy atom. The van der Waals surface area contributed by atoms with Crippen molar-refractivity contribution in [3.05, 3.63) is 33.4 Å². The van der Waals surface area contributed by atoms with Crippen LogP contribution in [0.1, 0.15) is 33.4 Å². The molecule has 0 fully saturated rings.